The molecule has 0 aromatic carbocycles. The second-order valence-corrected chi connectivity index (χ2v) is 4.23. The van der Waals surface area contributed by atoms with Crippen molar-refractivity contribution in [2.45, 2.75) is 31.8 Å². The van der Waals surface area contributed by atoms with Crippen molar-refractivity contribution < 1.29 is 14.6 Å². The molecule has 9 nitrogen and oxygen atoms in total. The largest absolute Gasteiger partial charge is 0.465 e. The molecule has 0 saturated carbocycles. The van der Waals surface area contributed by atoms with Gasteiger partial charge in [-0.1, -0.05) is 5.11 Å². The minimum absolute atomic E-state index is 0.0474. The standard InChI is InChI=1S/C11H15N5O4/c1-2-19-11-14-9(18)3-4-16(11)10-5-7(17)8(20-10)6-13-15-12/h3-4,7-8,10,17H,2,5-6H2,1H3/t7-,8+,10+/m0/s1. The molecule has 0 radical (unpaired) electrons. The summed E-state index contributed by atoms with van der Waals surface area (Å²) in [6.45, 7) is 2.18. The van der Waals surface area contributed by atoms with Crippen molar-refractivity contribution in [1.29, 1.82) is 0 Å². The van der Waals surface area contributed by atoms with Gasteiger partial charge in [-0.15, -0.1) is 0 Å². The average Bonchev–Trinajstić information content (AvgIpc) is 2.78. The Hall–Kier alpha value is -2.09. The van der Waals surface area contributed by atoms with E-state index in [9.17, 15) is 9.90 Å². The number of ether oxygens (including phenoxy) is 2. The molecule has 2 heterocycles. The first-order chi connectivity index (χ1) is 9.65. The van der Waals surface area contributed by atoms with Gasteiger partial charge in [-0.2, -0.15) is 4.98 Å². The number of aromatic nitrogens is 2. The highest BCUT2D eigenvalue weighted by Gasteiger charge is 2.35. The van der Waals surface area contributed by atoms with Crippen molar-refractivity contribution in [1.82, 2.24) is 9.55 Å². The zero-order valence-electron chi connectivity index (χ0n) is 10.9. The molecule has 0 aliphatic carbocycles. The van der Waals surface area contributed by atoms with E-state index in [0.717, 1.165) is 0 Å². The van der Waals surface area contributed by atoms with Crippen LogP contribution in [0.5, 0.6) is 6.01 Å². The lowest BCUT2D eigenvalue weighted by Gasteiger charge is -2.18. The van der Waals surface area contributed by atoms with Crippen molar-refractivity contribution in [3.8, 4) is 6.01 Å². The number of nitrogens with zero attached hydrogens (tertiary/aromatic N) is 5. The third-order valence-corrected chi connectivity index (χ3v) is 2.92. The van der Waals surface area contributed by atoms with Crippen molar-refractivity contribution in [2.75, 3.05) is 13.2 Å². The molecule has 0 unspecified atom stereocenters. The molecule has 2 rings (SSSR count). The Morgan fingerprint density at radius 1 is 1.75 bits per heavy atom. The van der Waals surface area contributed by atoms with Crippen LogP contribution in [0.2, 0.25) is 0 Å². The minimum atomic E-state index is -0.751. The van der Waals surface area contributed by atoms with Gasteiger partial charge in [0, 0.05) is 23.6 Å². The SMILES string of the molecule is CCOc1nc(=O)ccn1[C@H]1C[C@H](O)[C@@H](CN=[N+]=[N-])O1. The lowest BCUT2D eigenvalue weighted by atomic mass is 10.2. The molecule has 0 amide bonds. The van der Waals surface area contributed by atoms with Crippen LogP contribution < -0.4 is 10.3 Å². The third-order valence-electron chi connectivity index (χ3n) is 2.92. The summed E-state index contributed by atoms with van der Waals surface area (Å²) in [5, 5.41) is 13.3. The van der Waals surface area contributed by atoms with Crippen LogP contribution >= 0.6 is 0 Å². The molecule has 1 aromatic heterocycles. The molecule has 1 saturated heterocycles. The van der Waals surface area contributed by atoms with Crippen molar-refractivity contribution in [3.05, 3.63) is 33.1 Å². The fraction of sp³-hybridized carbons (Fsp3) is 0.636. The Bertz CT molecular complexity index is 568. The monoisotopic (exact) mass is 281 g/mol. The molecule has 0 bridgehead atoms. The molecule has 1 aliphatic heterocycles. The van der Waals surface area contributed by atoms with E-state index in [0.29, 0.717) is 13.0 Å². The van der Waals surface area contributed by atoms with Crippen LogP contribution in [0.1, 0.15) is 19.6 Å². The van der Waals surface area contributed by atoms with Gasteiger partial charge >= 0.3 is 6.01 Å². The molecule has 1 aromatic rings. The summed E-state index contributed by atoms with van der Waals surface area (Å²) >= 11 is 0. The molecule has 1 fully saturated rings. The quantitative estimate of drug-likeness (QED) is 0.481. The fourth-order valence-corrected chi connectivity index (χ4v) is 2.02. The van der Waals surface area contributed by atoms with E-state index in [1.54, 1.807) is 11.5 Å². The van der Waals surface area contributed by atoms with Gasteiger partial charge in [-0.25, -0.2) is 0 Å². The fourth-order valence-electron chi connectivity index (χ4n) is 2.02. The Balaban J connectivity index is 2.20. The van der Waals surface area contributed by atoms with Gasteiger partial charge < -0.3 is 14.6 Å². The number of hydrogen-bond donors (Lipinski definition) is 1. The highest BCUT2D eigenvalue weighted by Crippen LogP contribution is 2.30. The van der Waals surface area contributed by atoms with E-state index in [-0.39, 0.29) is 12.6 Å². The maximum absolute atomic E-state index is 11.3. The van der Waals surface area contributed by atoms with Crippen molar-refractivity contribution >= 4 is 0 Å². The Morgan fingerprint density at radius 3 is 3.25 bits per heavy atom. The minimum Gasteiger partial charge on any atom is -0.465 e. The molecular formula is C11H15N5O4. The Labute approximate surface area is 114 Å². The van der Waals surface area contributed by atoms with Crippen LogP contribution in [-0.2, 0) is 4.74 Å². The summed E-state index contributed by atoms with van der Waals surface area (Å²) in [5.74, 6) is 0. The van der Waals surface area contributed by atoms with Crippen LogP contribution in [0.3, 0.4) is 0 Å². The van der Waals surface area contributed by atoms with Gasteiger partial charge in [0.15, 0.2) is 0 Å². The van der Waals surface area contributed by atoms with E-state index in [4.69, 9.17) is 15.0 Å². The predicted molar refractivity (Wildman–Crippen MR) is 68.2 cm³/mol. The third kappa shape index (κ3) is 3.08. The van der Waals surface area contributed by atoms with E-state index in [2.05, 4.69) is 15.0 Å². The summed E-state index contributed by atoms with van der Waals surface area (Å²) in [6, 6.07) is 1.43. The first-order valence-corrected chi connectivity index (χ1v) is 6.22. The molecule has 1 N–H and O–H groups in total. The first kappa shape index (κ1) is 14.3. The van der Waals surface area contributed by atoms with Gasteiger partial charge in [0.1, 0.15) is 6.23 Å². The Kier molecular flexibility index (Phi) is 4.57. The summed E-state index contributed by atoms with van der Waals surface area (Å²) in [4.78, 5) is 17.7. The van der Waals surface area contributed by atoms with Crippen LogP contribution in [-0.4, -0.2) is 40.0 Å². The van der Waals surface area contributed by atoms with E-state index in [1.807, 2.05) is 0 Å². The van der Waals surface area contributed by atoms with Crippen LogP contribution in [0.25, 0.3) is 10.4 Å². The summed E-state index contributed by atoms with van der Waals surface area (Å²) in [6.07, 6.45) is -0.0353. The van der Waals surface area contributed by atoms with E-state index in [1.165, 1.54) is 12.3 Å². The summed E-state index contributed by atoms with van der Waals surface area (Å²) in [5.41, 5.74) is 7.88. The van der Waals surface area contributed by atoms with Gasteiger partial charge in [-0.05, 0) is 12.5 Å². The molecule has 1 aliphatic rings. The van der Waals surface area contributed by atoms with E-state index >= 15 is 0 Å². The summed E-state index contributed by atoms with van der Waals surface area (Å²) < 4.78 is 12.5. The van der Waals surface area contributed by atoms with Gasteiger partial charge in [0.25, 0.3) is 5.56 Å². The van der Waals surface area contributed by atoms with Gasteiger partial charge in [0.05, 0.1) is 25.4 Å². The van der Waals surface area contributed by atoms with Crippen LogP contribution in [0.15, 0.2) is 22.2 Å². The molecule has 108 valence electrons. The molecular weight excluding hydrogens is 266 g/mol. The number of azide groups is 1. The highest BCUT2D eigenvalue weighted by atomic mass is 16.5. The number of hydrogen-bond acceptors (Lipinski definition) is 6. The zero-order chi connectivity index (χ0) is 14.5. The lowest BCUT2D eigenvalue weighted by molar-refractivity contribution is -0.0173. The lowest BCUT2D eigenvalue weighted by Crippen LogP contribution is -2.23. The predicted octanol–water partition coefficient (Wildman–Crippen LogP) is 0.601. The zero-order valence-corrected chi connectivity index (χ0v) is 10.9. The highest BCUT2D eigenvalue weighted by molar-refractivity contribution is 5.01. The molecule has 9 heteroatoms. The van der Waals surface area contributed by atoms with E-state index < -0.39 is 24.0 Å². The normalized spacial score (nSPS) is 25.2. The van der Waals surface area contributed by atoms with Gasteiger partial charge in [-0.3, -0.25) is 9.36 Å². The summed E-state index contributed by atoms with van der Waals surface area (Å²) in [7, 11) is 0. The number of aliphatic hydroxyl groups is 1. The smallest absolute Gasteiger partial charge is 0.301 e. The topological polar surface area (TPSA) is 122 Å². The first-order valence-electron chi connectivity index (χ1n) is 6.22. The Morgan fingerprint density at radius 2 is 2.55 bits per heavy atom. The van der Waals surface area contributed by atoms with Crippen molar-refractivity contribution in [3.63, 3.8) is 0 Å². The molecule has 3 atom stereocenters. The van der Waals surface area contributed by atoms with Crippen molar-refractivity contribution in [2.24, 2.45) is 5.11 Å². The molecule has 20 heavy (non-hydrogen) atoms. The maximum Gasteiger partial charge on any atom is 0.301 e. The van der Waals surface area contributed by atoms with Gasteiger partial charge in [0.2, 0.25) is 0 Å². The maximum atomic E-state index is 11.3. The van der Waals surface area contributed by atoms with Crippen LogP contribution in [0.4, 0.5) is 0 Å². The molecule has 0 spiro atoms. The second kappa shape index (κ2) is 6.38. The second-order valence-electron chi connectivity index (χ2n) is 4.23. The number of aliphatic hydroxyl groups excluding tert-OH is 1. The number of rotatable bonds is 5. The van der Waals surface area contributed by atoms with Crippen LogP contribution in [0, 0.1) is 0 Å². The average molecular weight is 281 g/mol.